The molecule has 0 bridgehead atoms. The molecular weight excluding hydrogens is 352 g/mol. The van der Waals surface area contributed by atoms with Gasteiger partial charge in [0.25, 0.3) is 0 Å². The van der Waals surface area contributed by atoms with Gasteiger partial charge in [0, 0.05) is 16.2 Å². The van der Waals surface area contributed by atoms with Crippen LogP contribution in [0.3, 0.4) is 0 Å². The lowest BCUT2D eigenvalue weighted by atomic mass is 10.0. The van der Waals surface area contributed by atoms with Gasteiger partial charge < -0.3 is 9.47 Å². The van der Waals surface area contributed by atoms with Crippen LogP contribution in [0.4, 0.5) is 0 Å². The summed E-state index contributed by atoms with van der Waals surface area (Å²) in [7, 11) is 0. The van der Waals surface area contributed by atoms with E-state index in [1.807, 2.05) is 0 Å². The van der Waals surface area contributed by atoms with Crippen molar-refractivity contribution in [2.75, 3.05) is 13.2 Å². The Labute approximate surface area is 164 Å². The molecule has 0 atom stereocenters. The average molecular weight is 379 g/mol. The smallest absolute Gasteiger partial charge is 0.145 e. The average Bonchev–Trinajstić information content (AvgIpc) is 3.18. The van der Waals surface area contributed by atoms with E-state index in [-0.39, 0.29) is 0 Å². The standard InChI is InChI=1S/C24H26O2S/c1-3-5-12-25-22-19-11-14-27-24(19)23(26-13-6-4-2)21-16-18-10-8-7-9-17(18)15-20(21)22/h7-11,14-16H,3-6,12-13H2,1-2H3. The van der Waals surface area contributed by atoms with Crippen LogP contribution in [0.5, 0.6) is 11.5 Å². The normalized spacial score (nSPS) is 11.5. The predicted molar refractivity (Wildman–Crippen MR) is 118 cm³/mol. The molecule has 0 aliphatic heterocycles. The van der Waals surface area contributed by atoms with Gasteiger partial charge in [0.2, 0.25) is 0 Å². The van der Waals surface area contributed by atoms with Crippen molar-refractivity contribution in [1.29, 1.82) is 0 Å². The van der Waals surface area contributed by atoms with Crippen molar-refractivity contribution in [3.05, 3.63) is 47.8 Å². The van der Waals surface area contributed by atoms with Crippen molar-refractivity contribution in [2.45, 2.75) is 39.5 Å². The third-order valence-corrected chi connectivity index (χ3v) is 5.89. The Morgan fingerprint density at radius 2 is 1.33 bits per heavy atom. The zero-order chi connectivity index (χ0) is 18.6. The minimum Gasteiger partial charge on any atom is -0.492 e. The van der Waals surface area contributed by atoms with Crippen LogP contribution < -0.4 is 9.47 Å². The van der Waals surface area contributed by atoms with E-state index in [9.17, 15) is 0 Å². The van der Waals surface area contributed by atoms with Crippen LogP contribution in [0.2, 0.25) is 0 Å². The van der Waals surface area contributed by atoms with Crippen molar-refractivity contribution in [3.8, 4) is 11.5 Å². The van der Waals surface area contributed by atoms with Crippen LogP contribution in [-0.2, 0) is 0 Å². The summed E-state index contributed by atoms with van der Waals surface area (Å²) in [6.07, 6.45) is 4.39. The first-order chi connectivity index (χ1) is 13.3. The number of benzene rings is 3. The summed E-state index contributed by atoms with van der Waals surface area (Å²) in [5, 5.41) is 8.10. The Hall–Kier alpha value is -2.26. The van der Waals surface area contributed by atoms with Gasteiger partial charge in [0.05, 0.1) is 17.9 Å². The first kappa shape index (κ1) is 18.1. The molecule has 4 aromatic rings. The highest BCUT2D eigenvalue weighted by atomic mass is 32.1. The molecular formula is C24H26O2S. The Kier molecular flexibility index (Phi) is 5.49. The quantitative estimate of drug-likeness (QED) is 0.232. The molecule has 1 heterocycles. The lowest BCUT2D eigenvalue weighted by Crippen LogP contribution is -2.01. The molecule has 2 nitrogen and oxygen atoms in total. The van der Waals surface area contributed by atoms with Crippen LogP contribution in [-0.4, -0.2) is 13.2 Å². The number of ether oxygens (including phenoxy) is 2. The summed E-state index contributed by atoms with van der Waals surface area (Å²) >= 11 is 1.74. The van der Waals surface area contributed by atoms with Crippen molar-refractivity contribution in [2.24, 2.45) is 0 Å². The van der Waals surface area contributed by atoms with Gasteiger partial charge in [-0.05, 0) is 47.2 Å². The molecule has 4 rings (SSSR count). The van der Waals surface area contributed by atoms with Gasteiger partial charge >= 0.3 is 0 Å². The van der Waals surface area contributed by atoms with Gasteiger partial charge in [0.15, 0.2) is 0 Å². The van der Waals surface area contributed by atoms with Crippen molar-refractivity contribution in [1.82, 2.24) is 0 Å². The maximum atomic E-state index is 6.32. The fourth-order valence-electron chi connectivity index (χ4n) is 3.48. The minimum absolute atomic E-state index is 0.749. The highest BCUT2D eigenvalue weighted by molar-refractivity contribution is 7.17. The minimum atomic E-state index is 0.749. The molecule has 0 aliphatic rings. The second-order valence-electron chi connectivity index (χ2n) is 6.97. The zero-order valence-corrected chi connectivity index (χ0v) is 16.9. The van der Waals surface area contributed by atoms with Crippen LogP contribution >= 0.6 is 11.3 Å². The summed E-state index contributed by atoms with van der Waals surface area (Å²) in [5.41, 5.74) is 0. The van der Waals surface area contributed by atoms with E-state index < -0.39 is 0 Å². The Morgan fingerprint density at radius 3 is 1.96 bits per heavy atom. The number of unbranched alkanes of at least 4 members (excludes halogenated alkanes) is 2. The van der Waals surface area contributed by atoms with E-state index in [0.717, 1.165) is 61.2 Å². The number of hydrogen-bond acceptors (Lipinski definition) is 3. The lowest BCUT2D eigenvalue weighted by Gasteiger charge is -2.16. The Morgan fingerprint density at radius 1 is 0.741 bits per heavy atom. The molecule has 0 radical (unpaired) electrons. The van der Waals surface area contributed by atoms with E-state index in [1.165, 1.54) is 20.9 Å². The molecule has 0 fully saturated rings. The third kappa shape index (κ3) is 3.49. The molecule has 0 aliphatic carbocycles. The van der Waals surface area contributed by atoms with Gasteiger partial charge in [-0.2, -0.15) is 0 Å². The van der Waals surface area contributed by atoms with E-state index >= 15 is 0 Å². The first-order valence-electron chi connectivity index (χ1n) is 9.94. The van der Waals surface area contributed by atoms with Gasteiger partial charge in [-0.3, -0.25) is 0 Å². The fourth-order valence-corrected chi connectivity index (χ4v) is 4.39. The van der Waals surface area contributed by atoms with Gasteiger partial charge in [-0.25, -0.2) is 0 Å². The van der Waals surface area contributed by atoms with Gasteiger partial charge in [-0.1, -0.05) is 51.0 Å². The summed E-state index contributed by atoms with van der Waals surface area (Å²) in [6, 6.07) is 15.2. The number of thiophene rings is 1. The maximum Gasteiger partial charge on any atom is 0.145 e. The molecule has 0 saturated heterocycles. The molecule has 3 aromatic carbocycles. The van der Waals surface area contributed by atoms with Crippen molar-refractivity contribution in [3.63, 3.8) is 0 Å². The Balaban J connectivity index is 1.97. The summed E-state index contributed by atoms with van der Waals surface area (Å²) < 4.78 is 13.8. The molecule has 1 aromatic heterocycles. The molecule has 0 unspecified atom stereocenters. The van der Waals surface area contributed by atoms with Gasteiger partial charge in [-0.15, -0.1) is 11.3 Å². The van der Waals surface area contributed by atoms with Crippen molar-refractivity contribution >= 4 is 43.0 Å². The van der Waals surface area contributed by atoms with Crippen LogP contribution in [0.15, 0.2) is 47.8 Å². The number of rotatable bonds is 8. The monoisotopic (exact) mass is 378 g/mol. The summed E-state index contributed by atoms with van der Waals surface area (Å²) in [6.45, 7) is 5.89. The van der Waals surface area contributed by atoms with E-state index in [1.54, 1.807) is 11.3 Å². The predicted octanol–water partition coefficient (Wildman–Crippen LogP) is 7.57. The Bertz CT molecular complexity index is 981. The van der Waals surface area contributed by atoms with Crippen LogP contribution in [0.25, 0.3) is 31.6 Å². The largest absolute Gasteiger partial charge is 0.492 e. The lowest BCUT2D eigenvalue weighted by molar-refractivity contribution is 0.311. The second kappa shape index (κ2) is 8.18. The molecule has 3 heteroatoms. The molecule has 27 heavy (non-hydrogen) atoms. The highest BCUT2D eigenvalue weighted by Crippen LogP contribution is 2.46. The van der Waals surface area contributed by atoms with Crippen LogP contribution in [0, 0.1) is 0 Å². The second-order valence-corrected chi connectivity index (χ2v) is 7.89. The summed E-state index contributed by atoms with van der Waals surface area (Å²) in [4.78, 5) is 0. The maximum absolute atomic E-state index is 6.32. The third-order valence-electron chi connectivity index (χ3n) is 4.98. The molecule has 140 valence electrons. The number of fused-ring (bicyclic) bond motifs is 3. The van der Waals surface area contributed by atoms with E-state index in [0.29, 0.717) is 0 Å². The van der Waals surface area contributed by atoms with Gasteiger partial charge in [0.1, 0.15) is 11.5 Å². The first-order valence-corrected chi connectivity index (χ1v) is 10.8. The van der Waals surface area contributed by atoms with E-state index in [2.05, 4.69) is 61.7 Å². The molecule has 0 amide bonds. The summed E-state index contributed by atoms with van der Waals surface area (Å²) in [5.74, 6) is 2.01. The highest BCUT2D eigenvalue weighted by Gasteiger charge is 2.18. The molecule has 0 spiro atoms. The molecule has 0 saturated carbocycles. The zero-order valence-electron chi connectivity index (χ0n) is 16.1. The number of hydrogen-bond donors (Lipinski definition) is 0. The molecule has 0 N–H and O–H groups in total. The fraction of sp³-hybridized carbons (Fsp3) is 0.333. The SMILES string of the molecule is CCCCOc1c2cc3ccccc3cc2c(OCCCC)c2sccc12. The van der Waals surface area contributed by atoms with Crippen molar-refractivity contribution < 1.29 is 9.47 Å². The van der Waals surface area contributed by atoms with Crippen LogP contribution in [0.1, 0.15) is 39.5 Å². The van der Waals surface area contributed by atoms with E-state index in [4.69, 9.17) is 9.47 Å². The topological polar surface area (TPSA) is 18.5 Å².